The average Bonchev–Trinajstić information content (AvgIpc) is 3.36. The lowest BCUT2D eigenvalue weighted by atomic mass is 9.79. The van der Waals surface area contributed by atoms with Gasteiger partial charge in [0.25, 0.3) is 0 Å². The van der Waals surface area contributed by atoms with Crippen molar-refractivity contribution in [2.75, 3.05) is 17.7 Å². The van der Waals surface area contributed by atoms with Crippen molar-refractivity contribution < 1.29 is 23.1 Å². The fraction of sp³-hybridized carbons (Fsp3) is 0.200. The van der Waals surface area contributed by atoms with Crippen LogP contribution in [0.15, 0.2) is 49.2 Å². The van der Waals surface area contributed by atoms with Gasteiger partial charge in [0.05, 0.1) is 30.3 Å². The zero-order chi connectivity index (χ0) is 26.3. The highest BCUT2D eigenvalue weighted by atomic mass is 19.1. The normalized spacial score (nSPS) is 16.5. The number of allylic oxidation sites excluding steroid dienone is 1. The van der Waals surface area contributed by atoms with E-state index in [1.165, 1.54) is 22.9 Å². The van der Waals surface area contributed by atoms with E-state index < -0.39 is 28.9 Å². The van der Waals surface area contributed by atoms with Gasteiger partial charge in [0.2, 0.25) is 5.91 Å². The lowest BCUT2D eigenvalue weighted by Gasteiger charge is -2.23. The highest BCUT2D eigenvalue weighted by molar-refractivity contribution is 6.20. The number of hydrogen-bond acceptors (Lipinski definition) is 8. The van der Waals surface area contributed by atoms with E-state index >= 15 is 0 Å². The number of ether oxygens (including phenoxy) is 1. The lowest BCUT2D eigenvalue weighted by Crippen LogP contribution is -2.44. The molecule has 0 radical (unpaired) electrons. The number of rotatable bonds is 7. The van der Waals surface area contributed by atoms with Gasteiger partial charge >= 0.3 is 5.97 Å². The van der Waals surface area contributed by atoms with Crippen LogP contribution in [0.3, 0.4) is 0 Å². The van der Waals surface area contributed by atoms with Crippen LogP contribution in [0.4, 0.5) is 20.4 Å². The Kier molecular flexibility index (Phi) is 5.86. The number of pyridine rings is 1. The minimum atomic E-state index is -1.80. The maximum absolute atomic E-state index is 14.3. The number of aromatic nitrogens is 5. The van der Waals surface area contributed by atoms with E-state index in [0.717, 1.165) is 6.20 Å². The first-order valence-electron chi connectivity index (χ1n) is 11.3. The molecule has 4 heterocycles. The van der Waals surface area contributed by atoms with E-state index in [2.05, 4.69) is 31.9 Å². The molecule has 3 N–H and O–H groups in total. The second-order valence-corrected chi connectivity index (χ2v) is 8.35. The molecule has 0 aliphatic carbocycles. The minimum absolute atomic E-state index is 0.00330. The molecule has 5 rings (SSSR count). The maximum atomic E-state index is 14.3. The van der Waals surface area contributed by atoms with Gasteiger partial charge in [-0.2, -0.15) is 5.10 Å². The number of nitrogens with zero attached hydrogens (tertiary/aromatic N) is 5. The predicted octanol–water partition coefficient (Wildman–Crippen LogP) is 3.13. The van der Waals surface area contributed by atoms with Crippen LogP contribution in [0, 0.1) is 11.6 Å². The molecule has 0 bridgehead atoms. The molecule has 12 heteroatoms. The van der Waals surface area contributed by atoms with Crippen LogP contribution >= 0.6 is 0 Å². The van der Waals surface area contributed by atoms with Crippen molar-refractivity contribution >= 4 is 34.5 Å². The summed E-state index contributed by atoms with van der Waals surface area (Å²) in [5, 5.41) is 7.32. The van der Waals surface area contributed by atoms with Crippen LogP contribution in [0.2, 0.25) is 0 Å². The van der Waals surface area contributed by atoms with E-state index in [9.17, 15) is 18.4 Å². The fourth-order valence-electron chi connectivity index (χ4n) is 4.46. The standard InChI is InChI=1S/C25H21F2N7O3/c1-3-9-25(24(36)37-4-2)17-19(28)30-21(31-20(17)32-23(25)35)18-15-10-14(26)11-29-22(15)34(33-18)12-13-7-5-6-8-16(13)27/h3,5-8,10-11H,1,4,9,12H2,2H3,(H3,28,30,31,32,35). The number of esters is 1. The molecule has 0 spiro atoms. The van der Waals surface area contributed by atoms with Crippen LogP contribution in [-0.2, 0) is 26.3 Å². The smallest absolute Gasteiger partial charge is 0.326 e. The Morgan fingerprint density at radius 3 is 2.81 bits per heavy atom. The molecule has 3 aromatic heterocycles. The Morgan fingerprint density at radius 1 is 1.30 bits per heavy atom. The zero-order valence-electron chi connectivity index (χ0n) is 19.7. The molecule has 1 aromatic carbocycles. The average molecular weight is 505 g/mol. The van der Waals surface area contributed by atoms with Crippen LogP contribution in [-0.4, -0.2) is 43.2 Å². The molecule has 1 atom stereocenters. The van der Waals surface area contributed by atoms with Crippen molar-refractivity contribution in [2.45, 2.75) is 25.3 Å². The summed E-state index contributed by atoms with van der Waals surface area (Å²) < 4.78 is 35.1. The first kappa shape index (κ1) is 24.0. The summed E-state index contributed by atoms with van der Waals surface area (Å²) in [5.74, 6) is -2.75. The molecule has 1 amide bonds. The molecule has 0 fully saturated rings. The number of nitrogens with one attached hydrogen (secondary N) is 1. The highest BCUT2D eigenvalue weighted by Gasteiger charge is 2.56. The summed E-state index contributed by atoms with van der Waals surface area (Å²) in [5.41, 5.74) is 5.27. The summed E-state index contributed by atoms with van der Waals surface area (Å²) in [6, 6.07) is 7.37. The number of nitrogens with two attached hydrogens (primary N) is 1. The highest BCUT2D eigenvalue weighted by Crippen LogP contribution is 2.44. The van der Waals surface area contributed by atoms with E-state index in [-0.39, 0.29) is 59.3 Å². The Labute approximate surface area is 209 Å². The number of amides is 1. The number of carbonyl (C=O) groups excluding carboxylic acids is 2. The molecule has 1 unspecified atom stereocenters. The zero-order valence-corrected chi connectivity index (χ0v) is 19.7. The van der Waals surface area contributed by atoms with Crippen LogP contribution in [0.1, 0.15) is 24.5 Å². The largest absolute Gasteiger partial charge is 0.465 e. The number of benzene rings is 1. The van der Waals surface area contributed by atoms with Gasteiger partial charge in [-0.3, -0.25) is 9.59 Å². The van der Waals surface area contributed by atoms with Crippen molar-refractivity contribution in [3.05, 3.63) is 71.9 Å². The minimum Gasteiger partial charge on any atom is -0.465 e. The molecule has 188 valence electrons. The second-order valence-electron chi connectivity index (χ2n) is 8.35. The molecular weight excluding hydrogens is 484 g/mol. The van der Waals surface area contributed by atoms with Crippen molar-refractivity contribution in [1.29, 1.82) is 0 Å². The Bertz CT molecular complexity index is 1590. The van der Waals surface area contributed by atoms with Gasteiger partial charge in [-0.1, -0.05) is 24.3 Å². The van der Waals surface area contributed by atoms with Crippen molar-refractivity contribution in [2.24, 2.45) is 0 Å². The fourth-order valence-corrected chi connectivity index (χ4v) is 4.46. The summed E-state index contributed by atoms with van der Waals surface area (Å²) in [6.45, 7) is 5.31. The molecular formula is C25H21F2N7O3. The van der Waals surface area contributed by atoms with Crippen molar-refractivity contribution in [3.63, 3.8) is 0 Å². The molecule has 37 heavy (non-hydrogen) atoms. The lowest BCUT2D eigenvalue weighted by molar-refractivity contribution is -0.153. The first-order valence-corrected chi connectivity index (χ1v) is 11.3. The van der Waals surface area contributed by atoms with Crippen LogP contribution in [0.25, 0.3) is 22.6 Å². The van der Waals surface area contributed by atoms with Gasteiger partial charge in [0, 0.05) is 5.56 Å². The summed E-state index contributed by atoms with van der Waals surface area (Å²) in [4.78, 5) is 38.8. The van der Waals surface area contributed by atoms with Crippen LogP contribution < -0.4 is 11.1 Å². The van der Waals surface area contributed by atoms with Gasteiger partial charge in [0.1, 0.15) is 29.0 Å². The van der Waals surface area contributed by atoms with Gasteiger partial charge in [-0.15, -0.1) is 6.58 Å². The van der Waals surface area contributed by atoms with Gasteiger partial charge < -0.3 is 15.8 Å². The molecule has 10 nitrogen and oxygen atoms in total. The monoisotopic (exact) mass is 505 g/mol. The third-order valence-corrected chi connectivity index (χ3v) is 6.10. The first-order chi connectivity index (χ1) is 17.8. The van der Waals surface area contributed by atoms with Gasteiger partial charge in [-0.05, 0) is 25.5 Å². The van der Waals surface area contributed by atoms with Crippen LogP contribution in [0.5, 0.6) is 0 Å². The molecule has 4 aromatic rings. The topological polar surface area (TPSA) is 138 Å². The summed E-state index contributed by atoms with van der Waals surface area (Å²) in [6.07, 6.45) is 2.34. The molecule has 0 saturated heterocycles. The number of halogens is 2. The van der Waals surface area contributed by atoms with E-state index in [1.807, 2.05) is 0 Å². The molecule has 0 saturated carbocycles. The Balaban J connectivity index is 1.67. The van der Waals surface area contributed by atoms with Crippen molar-refractivity contribution in [1.82, 2.24) is 24.7 Å². The SMILES string of the molecule is C=CCC1(C(=O)OCC)C(=O)Nc2nc(-c3nn(Cc4ccccc4F)c4ncc(F)cc34)nc(N)c21. The third-order valence-electron chi connectivity index (χ3n) is 6.10. The number of nitrogen functional groups attached to an aromatic ring is 1. The van der Waals surface area contributed by atoms with E-state index in [0.29, 0.717) is 5.56 Å². The van der Waals surface area contributed by atoms with E-state index in [1.54, 1.807) is 25.1 Å². The number of hydrogen-bond donors (Lipinski definition) is 2. The molecule has 1 aliphatic heterocycles. The third kappa shape index (κ3) is 3.77. The Morgan fingerprint density at radius 2 is 2.08 bits per heavy atom. The molecule has 1 aliphatic rings. The summed E-state index contributed by atoms with van der Waals surface area (Å²) in [7, 11) is 0. The number of carbonyl (C=O) groups is 2. The second kappa shape index (κ2) is 9.04. The Hall–Kier alpha value is -4.74. The number of fused-ring (bicyclic) bond motifs is 2. The van der Waals surface area contributed by atoms with Gasteiger partial charge in [-0.25, -0.2) is 28.4 Å². The number of anilines is 2. The predicted molar refractivity (Wildman–Crippen MR) is 130 cm³/mol. The van der Waals surface area contributed by atoms with Gasteiger partial charge in [0.15, 0.2) is 16.9 Å². The maximum Gasteiger partial charge on any atom is 0.326 e. The van der Waals surface area contributed by atoms with E-state index in [4.69, 9.17) is 10.5 Å². The summed E-state index contributed by atoms with van der Waals surface area (Å²) >= 11 is 0. The van der Waals surface area contributed by atoms with Crippen molar-refractivity contribution in [3.8, 4) is 11.5 Å². The quantitative estimate of drug-likeness (QED) is 0.222.